The Balaban J connectivity index is 2.79. The van der Waals surface area contributed by atoms with Crippen LogP contribution in [0.5, 0.6) is 0 Å². The first-order valence-corrected chi connectivity index (χ1v) is 3.69. The van der Waals surface area contributed by atoms with E-state index in [9.17, 15) is 0 Å². The molecule has 0 saturated heterocycles. The molecule has 2 rings (SSSR count). The number of aromatic nitrogens is 3. The molecule has 0 bridgehead atoms. The predicted octanol–water partition coefficient (Wildman–Crippen LogP) is 1.29. The van der Waals surface area contributed by atoms with Crippen LogP contribution in [0.4, 0.5) is 0 Å². The molecule has 2 heterocycles. The van der Waals surface area contributed by atoms with Crippen molar-refractivity contribution in [3.05, 3.63) is 30.2 Å². The fourth-order valence-corrected chi connectivity index (χ4v) is 1.17. The number of hydrogen-bond acceptors (Lipinski definition) is 2. The molecule has 0 aromatic carbocycles. The van der Waals surface area contributed by atoms with E-state index < -0.39 is 0 Å². The van der Waals surface area contributed by atoms with E-state index in [1.807, 2.05) is 16.6 Å². The molecule has 3 nitrogen and oxygen atoms in total. The fraction of sp³-hybridized carbons (Fsp3) is 0.250. The molecule has 0 spiro atoms. The van der Waals surface area contributed by atoms with Gasteiger partial charge in [0.15, 0.2) is 5.65 Å². The van der Waals surface area contributed by atoms with E-state index in [0.717, 1.165) is 12.1 Å². The highest BCUT2D eigenvalue weighted by Gasteiger charge is 1.97. The third-order valence-electron chi connectivity index (χ3n) is 1.74. The molecule has 3 heteroatoms. The van der Waals surface area contributed by atoms with E-state index in [-0.39, 0.29) is 0 Å². The second-order valence-electron chi connectivity index (χ2n) is 2.40. The number of aryl methyl sites for hydroxylation is 1. The molecule has 2 aromatic rings. The van der Waals surface area contributed by atoms with Crippen LogP contribution >= 0.6 is 0 Å². The largest absolute Gasteiger partial charge is 0.218 e. The van der Waals surface area contributed by atoms with Crippen LogP contribution in [-0.2, 0) is 6.42 Å². The third-order valence-corrected chi connectivity index (χ3v) is 1.74. The second kappa shape index (κ2) is 2.34. The maximum absolute atomic E-state index is 4.10. The quantitative estimate of drug-likeness (QED) is 0.608. The molecule has 0 aliphatic heterocycles. The van der Waals surface area contributed by atoms with Gasteiger partial charge >= 0.3 is 0 Å². The SMILES string of the molecule is CCc1cccc2ncnn12. The molecule has 0 atom stereocenters. The van der Waals surface area contributed by atoms with Gasteiger partial charge in [-0.3, -0.25) is 0 Å². The number of hydrogen-bond donors (Lipinski definition) is 0. The minimum absolute atomic E-state index is 0.921. The highest BCUT2D eigenvalue weighted by atomic mass is 15.3. The summed E-state index contributed by atoms with van der Waals surface area (Å²) in [5.74, 6) is 0. The van der Waals surface area contributed by atoms with Crippen molar-refractivity contribution in [1.29, 1.82) is 0 Å². The molecule has 2 aromatic heterocycles. The van der Waals surface area contributed by atoms with Crippen molar-refractivity contribution in [3.8, 4) is 0 Å². The van der Waals surface area contributed by atoms with Gasteiger partial charge in [-0.2, -0.15) is 5.10 Å². The zero-order valence-electron chi connectivity index (χ0n) is 6.36. The zero-order valence-corrected chi connectivity index (χ0v) is 6.36. The monoisotopic (exact) mass is 147 g/mol. The number of nitrogens with zero attached hydrogens (tertiary/aromatic N) is 3. The number of rotatable bonds is 1. The maximum atomic E-state index is 4.10. The lowest BCUT2D eigenvalue weighted by atomic mass is 10.3. The Morgan fingerprint density at radius 1 is 1.45 bits per heavy atom. The molecule has 0 radical (unpaired) electrons. The summed E-state index contributed by atoms with van der Waals surface area (Å²) in [5.41, 5.74) is 2.12. The van der Waals surface area contributed by atoms with Crippen molar-refractivity contribution < 1.29 is 0 Å². The summed E-state index contributed by atoms with van der Waals surface area (Å²) in [6.07, 6.45) is 2.56. The van der Waals surface area contributed by atoms with Crippen LogP contribution < -0.4 is 0 Å². The normalized spacial score (nSPS) is 10.6. The summed E-state index contributed by atoms with van der Waals surface area (Å²) < 4.78 is 1.86. The van der Waals surface area contributed by atoms with Crippen molar-refractivity contribution in [2.45, 2.75) is 13.3 Å². The van der Waals surface area contributed by atoms with E-state index in [2.05, 4.69) is 23.1 Å². The lowest BCUT2D eigenvalue weighted by molar-refractivity contribution is 0.865. The first-order valence-electron chi connectivity index (χ1n) is 3.69. The smallest absolute Gasteiger partial charge is 0.155 e. The van der Waals surface area contributed by atoms with E-state index in [1.54, 1.807) is 6.33 Å². The van der Waals surface area contributed by atoms with Gasteiger partial charge in [0.2, 0.25) is 0 Å². The van der Waals surface area contributed by atoms with Crippen molar-refractivity contribution >= 4 is 5.65 Å². The Hall–Kier alpha value is -1.38. The van der Waals surface area contributed by atoms with Crippen molar-refractivity contribution in [3.63, 3.8) is 0 Å². The highest BCUT2D eigenvalue weighted by molar-refractivity contribution is 5.37. The Morgan fingerprint density at radius 3 is 3.18 bits per heavy atom. The molecule has 0 amide bonds. The van der Waals surface area contributed by atoms with Crippen LogP contribution in [0.3, 0.4) is 0 Å². The van der Waals surface area contributed by atoms with Crippen molar-refractivity contribution in [2.24, 2.45) is 0 Å². The molecule has 0 N–H and O–H groups in total. The molecular weight excluding hydrogens is 138 g/mol. The summed E-state index contributed by atoms with van der Waals surface area (Å²) in [6, 6.07) is 6.01. The Labute approximate surface area is 64.7 Å². The van der Waals surface area contributed by atoms with Crippen molar-refractivity contribution in [1.82, 2.24) is 14.6 Å². The van der Waals surface area contributed by atoms with Crippen LogP contribution in [0.25, 0.3) is 5.65 Å². The Morgan fingerprint density at radius 2 is 2.36 bits per heavy atom. The number of pyridine rings is 1. The van der Waals surface area contributed by atoms with E-state index >= 15 is 0 Å². The Bertz CT molecular complexity index is 364. The summed E-state index contributed by atoms with van der Waals surface area (Å²) in [6.45, 7) is 2.11. The van der Waals surface area contributed by atoms with Gasteiger partial charge in [0, 0.05) is 5.69 Å². The maximum Gasteiger partial charge on any atom is 0.155 e. The molecule has 56 valence electrons. The molecule has 0 unspecified atom stereocenters. The van der Waals surface area contributed by atoms with Crippen LogP contribution in [0, 0.1) is 0 Å². The van der Waals surface area contributed by atoms with Gasteiger partial charge in [-0.15, -0.1) is 0 Å². The summed E-state index contributed by atoms with van der Waals surface area (Å²) >= 11 is 0. The first kappa shape index (κ1) is 6.34. The highest BCUT2D eigenvalue weighted by Crippen LogP contribution is 2.03. The topological polar surface area (TPSA) is 30.2 Å². The first-order chi connectivity index (χ1) is 5.42. The number of fused-ring (bicyclic) bond motifs is 1. The minimum Gasteiger partial charge on any atom is -0.218 e. The van der Waals surface area contributed by atoms with Gasteiger partial charge in [-0.05, 0) is 18.6 Å². The lowest BCUT2D eigenvalue weighted by Crippen LogP contribution is -1.95. The fourth-order valence-electron chi connectivity index (χ4n) is 1.17. The average molecular weight is 147 g/mol. The second-order valence-corrected chi connectivity index (χ2v) is 2.40. The van der Waals surface area contributed by atoms with Crippen molar-refractivity contribution in [2.75, 3.05) is 0 Å². The van der Waals surface area contributed by atoms with Crippen LogP contribution in [0.15, 0.2) is 24.5 Å². The standard InChI is InChI=1S/C8H9N3/c1-2-7-4-3-5-8-9-6-10-11(7)8/h3-6H,2H2,1H3. The van der Waals surface area contributed by atoms with Gasteiger partial charge in [-0.1, -0.05) is 13.0 Å². The van der Waals surface area contributed by atoms with Gasteiger partial charge in [0.25, 0.3) is 0 Å². The van der Waals surface area contributed by atoms with E-state index in [4.69, 9.17) is 0 Å². The predicted molar refractivity (Wildman–Crippen MR) is 42.4 cm³/mol. The minimum atomic E-state index is 0.921. The van der Waals surface area contributed by atoms with Crippen LogP contribution in [0.2, 0.25) is 0 Å². The molecule has 0 aliphatic rings. The molecular formula is C8H9N3. The van der Waals surface area contributed by atoms with Crippen LogP contribution in [0.1, 0.15) is 12.6 Å². The summed E-state index contributed by atoms with van der Waals surface area (Å²) in [7, 11) is 0. The Kier molecular flexibility index (Phi) is 1.35. The lowest BCUT2D eigenvalue weighted by Gasteiger charge is -1.97. The third kappa shape index (κ3) is 0.888. The van der Waals surface area contributed by atoms with Gasteiger partial charge in [0.1, 0.15) is 6.33 Å². The summed E-state index contributed by atoms with van der Waals surface area (Å²) in [4.78, 5) is 4.08. The summed E-state index contributed by atoms with van der Waals surface area (Å²) in [5, 5.41) is 4.10. The molecule has 0 aliphatic carbocycles. The zero-order chi connectivity index (χ0) is 7.68. The van der Waals surface area contributed by atoms with E-state index in [1.165, 1.54) is 5.69 Å². The van der Waals surface area contributed by atoms with Crippen LogP contribution in [-0.4, -0.2) is 14.6 Å². The molecule has 0 saturated carbocycles. The molecule has 0 fully saturated rings. The van der Waals surface area contributed by atoms with E-state index in [0.29, 0.717) is 0 Å². The van der Waals surface area contributed by atoms with Gasteiger partial charge in [0.05, 0.1) is 0 Å². The molecule has 11 heavy (non-hydrogen) atoms. The average Bonchev–Trinajstić information content (AvgIpc) is 2.50. The van der Waals surface area contributed by atoms with Gasteiger partial charge in [-0.25, -0.2) is 9.50 Å². The van der Waals surface area contributed by atoms with Gasteiger partial charge < -0.3 is 0 Å².